The predicted octanol–water partition coefficient (Wildman–Crippen LogP) is 12.9. The van der Waals surface area contributed by atoms with Crippen molar-refractivity contribution in [3.8, 4) is 0 Å². The van der Waals surface area contributed by atoms with Gasteiger partial charge in [-0.2, -0.15) is 0 Å². The number of ketones is 1. The number of amides is 1. The molecule has 524 valence electrons. The maximum Gasteiger partial charge on any atom is 0.338 e. The van der Waals surface area contributed by atoms with E-state index in [1.165, 1.54) is 107 Å². The number of carbonyl (C=O) groups excluding carboxylic acids is 2. The Morgan fingerprint density at radius 3 is 1.29 bits per heavy atom. The summed E-state index contributed by atoms with van der Waals surface area (Å²) in [5, 5.41) is 32.1. The van der Waals surface area contributed by atoms with Crippen LogP contribution in [0.25, 0.3) is 0 Å². The highest BCUT2D eigenvalue weighted by Gasteiger charge is 2.43. The van der Waals surface area contributed by atoms with Crippen molar-refractivity contribution in [1.82, 2.24) is 5.06 Å². The number of hydrogen-bond acceptors (Lipinski definition) is 21. The first-order valence-electron chi connectivity index (χ1n) is 30.9. The average Bonchev–Trinajstić information content (AvgIpc) is 1.22. The van der Waals surface area contributed by atoms with Crippen LogP contribution in [0.5, 0.6) is 0 Å². The Morgan fingerprint density at radius 2 is 0.897 bits per heavy atom. The Labute approximate surface area is 562 Å². The molecule has 2 unspecified atom stereocenters. The van der Waals surface area contributed by atoms with Crippen LogP contribution in [0.2, 0.25) is 39.3 Å². The molecule has 3 N–H and O–H groups in total. The quantitative estimate of drug-likeness (QED) is 0.0518. The van der Waals surface area contributed by atoms with E-state index in [1.807, 2.05) is 39.0 Å². The number of benzene rings is 2. The molecular formula is C70H85F2NO22Si2. The van der Waals surface area contributed by atoms with Gasteiger partial charge >= 0.3 is 5.97 Å². The summed E-state index contributed by atoms with van der Waals surface area (Å²) in [6.07, 6.45) is 12.8. The smallest absolute Gasteiger partial charge is 0.338 e. The lowest BCUT2D eigenvalue weighted by Gasteiger charge is -2.25. The van der Waals surface area contributed by atoms with Crippen molar-refractivity contribution < 1.29 is 112 Å². The van der Waals surface area contributed by atoms with E-state index in [0.29, 0.717) is 92.2 Å². The lowest BCUT2D eigenvalue weighted by Crippen LogP contribution is -2.43. The summed E-state index contributed by atoms with van der Waals surface area (Å²) in [6.45, 7) is 27.1. The molecule has 4 aliphatic rings. The third kappa shape index (κ3) is 20.7. The minimum Gasteiger partial charge on any atom is -0.478 e. The largest absolute Gasteiger partial charge is 0.478 e. The number of rotatable bonds is 14. The Balaban J connectivity index is 0.000000165. The summed E-state index contributed by atoms with van der Waals surface area (Å²) >= 11 is 0. The zero-order valence-electron chi connectivity index (χ0n) is 56.5. The van der Waals surface area contributed by atoms with Crippen LogP contribution in [0, 0.1) is 11.6 Å². The van der Waals surface area contributed by atoms with Gasteiger partial charge in [0, 0.05) is 29.3 Å². The Morgan fingerprint density at radius 1 is 0.485 bits per heavy atom. The second-order valence-corrected chi connectivity index (χ2v) is 34.6. The fraction of sp³-hybridized carbons (Fsp3) is 0.386. The van der Waals surface area contributed by atoms with Gasteiger partial charge in [0.15, 0.2) is 28.9 Å². The van der Waals surface area contributed by atoms with E-state index >= 15 is 0 Å². The number of aromatic carboxylic acids is 1. The van der Waals surface area contributed by atoms with Crippen molar-refractivity contribution in [3.05, 3.63) is 227 Å². The fourth-order valence-corrected chi connectivity index (χ4v) is 12.8. The first-order chi connectivity index (χ1) is 45.9. The molecule has 0 aliphatic carbocycles. The van der Waals surface area contributed by atoms with Gasteiger partial charge in [-0.25, -0.2) is 18.6 Å². The molecule has 0 spiro atoms. The monoisotopic (exact) mass is 1390 g/mol. The molecular weight excluding hydrogens is 1300 g/mol. The molecule has 7 aromatic heterocycles. The number of ether oxygens (including phenoxy) is 8. The van der Waals surface area contributed by atoms with E-state index in [2.05, 4.69) is 53.0 Å². The maximum atomic E-state index is 13.1. The van der Waals surface area contributed by atoms with Gasteiger partial charge in [0.1, 0.15) is 70.3 Å². The summed E-state index contributed by atoms with van der Waals surface area (Å²) in [4.78, 5) is 36.3. The number of carboxylic acids is 1. The molecule has 0 bridgehead atoms. The fourth-order valence-electron chi connectivity index (χ4n) is 9.77. The number of furan rings is 7. The van der Waals surface area contributed by atoms with Crippen molar-refractivity contribution in [2.45, 2.75) is 109 Å². The van der Waals surface area contributed by atoms with Crippen molar-refractivity contribution in [2.24, 2.45) is 0 Å². The lowest BCUT2D eigenvalue weighted by molar-refractivity contribution is -0.150. The predicted molar refractivity (Wildman–Crippen MR) is 351 cm³/mol. The highest BCUT2D eigenvalue weighted by atomic mass is 28.3. The standard InChI is InChI=1S/C18H23FO4Si.C15H15FO4.C11H18O3Si.C8H10O3.C7H9NO3.C6H6O2.C5H4O3/c1-18(21-9-10-22-18)14-11-15(23-17(14)24(2,3)4)16(20)12-5-7-13(19)8-6-12;1-15(19-6-7-20-15)11-8-13(18-9-11)14(17)10-2-4-12(16)5-3-10;1-11(13-7-8-14-11)9-5-6-12-10(9)15(2,3)4;1-8(10-4-5-11-8)7-2-3-9-6-7;1-8(10-2)7(9)6-3-4-11-5-6;1-5(7)6-2-3-8-4-6;6-5(7)4-1-2-8-3-4/h5-8,11,16,20H,9-10H2,1-4H3;2-5,8-9,14,17H,6-7H2,1H3;5-6H,7-8H2,1-4H3;2-3,6H,4-5H2,1H3;3-5H,1-2H3;2-4H,1H3;1-3H,(H,6,7). The third-order valence-electron chi connectivity index (χ3n) is 15.2. The first-order valence-corrected chi connectivity index (χ1v) is 37.9. The molecule has 4 aliphatic heterocycles. The molecule has 4 fully saturated rings. The van der Waals surface area contributed by atoms with Gasteiger partial charge in [-0.15, -0.1) is 0 Å². The van der Waals surface area contributed by atoms with Crippen molar-refractivity contribution in [3.63, 3.8) is 0 Å². The van der Waals surface area contributed by atoms with E-state index in [9.17, 15) is 33.4 Å². The molecule has 23 nitrogen and oxygen atoms in total. The van der Waals surface area contributed by atoms with Gasteiger partial charge in [0.2, 0.25) is 0 Å². The number of halogens is 2. The maximum absolute atomic E-state index is 13.1. The molecule has 0 radical (unpaired) electrons. The number of hydrogen-bond donors (Lipinski definition) is 3. The second kappa shape index (κ2) is 33.9. The Kier molecular flexibility index (Phi) is 26.6. The minimum absolute atomic E-state index is 0.0405. The highest BCUT2D eigenvalue weighted by molar-refractivity contribution is 6.88. The van der Waals surface area contributed by atoms with Gasteiger partial charge in [-0.05, 0) is 112 Å². The van der Waals surface area contributed by atoms with Gasteiger partial charge in [-0.3, -0.25) is 14.4 Å². The number of carbonyl (C=O) groups is 3. The SMILES string of the molecule is CC(=O)c1ccoc1.CC1(c2cc(C(O)c3ccc(F)cc3)oc2[Si](C)(C)C)OCCO1.CC1(c2ccoc2)OCCO1.CC1(c2ccoc2[Si](C)(C)C)OCCO1.CC1(c2coc(C(O)c3ccc(F)cc3)c2)OCCO1.CON(C)C(=O)c1ccoc1.O=C(O)c1ccoc1. The molecule has 27 heteroatoms. The van der Waals surface area contributed by atoms with Crippen LogP contribution < -0.4 is 10.8 Å². The summed E-state index contributed by atoms with van der Waals surface area (Å²) in [7, 11) is -0.326. The van der Waals surface area contributed by atoms with Gasteiger partial charge in [0.25, 0.3) is 5.91 Å². The molecule has 13 rings (SSSR count). The zero-order chi connectivity index (χ0) is 70.8. The number of carboxylic acid groups (broad SMARTS) is 1. The summed E-state index contributed by atoms with van der Waals surface area (Å²) in [6, 6.07) is 23.3. The number of Topliss-reactive ketones (excluding diaryl/α,β-unsaturated/α-hetero) is 1. The van der Waals surface area contributed by atoms with Crippen LogP contribution in [0.15, 0.2) is 185 Å². The lowest BCUT2D eigenvalue weighted by atomic mass is 10.1. The molecule has 4 saturated heterocycles. The van der Waals surface area contributed by atoms with Gasteiger partial charge < -0.3 is 84.1 Å². The summed E-state index contributed by atoms with van der Waals surface area (Å²) in [5.41, 5.74) is 6.00. The van der Waals surface area contributed by atoms with Crippen molar-refractivity contribution in [1.29, 1.82) is 0 Å². The average molecular weight is 1390 g/mol. The van der Waals surface area contributed by atoms with Crippen LogP contribution in [0.3, 0.4) is 0 Å². The van der Waals surface area contributed by atoms with Crippen molar-refractivity contribution >= 4 is 44.6 Å². The van der Waals surface area contributed by atoms with Gasteiger partial charge in [0.05, 0.1) is 131 Å². The summed E-state index contributed by atoms with van der Waals surface area (Å²) in [5.74, 6) is -3.88. The molecule has 2 aromatic carbocycles. The normalized spacial score (nSPS) is 16.9. The number of aliphatic hydroxyl groups excluding tert-OH is 2. The molecule has 1 amide bonds. The van der Waals surface area contributed by atoms with Crippen molar-refractivity contribution in [2.75, 3.05) is 67.0 Å². The Bertz CT molecular complexity index is 3740. The molecule has 97 heavy (non-hydrogen) atoms. The topological polar surface area (TPSA) is 290 Å². The van der Waals surface area contributed by atoms with E-state index in [-0.39, 0.29) is 28.9 Å². The van der Waals surface area contributed by atoms with E-state index < -0.39 is 57.5 Å². The first kappa shape index (κ1) is 76.2. The minimum atomic E-state index is -1.83. The molecule has 11 heterocycles. The van der Waals surface area contributed by atoms with Crippen LogP contribution >= 0.6 is 0 Å². The van der Waals surface area contributed by atoms with Crippen LogP contribution in [0.1, 0.15) is 123 Å². The van der Waals surface area contributed by atoms with Crippen LogP contribution in [-0.4, -0.2) is 121 Å². The number of nitrogens with zero attached hydrogens (tertiary/aromatic N) is 1. The molecule has 2 atom stereocenters. The zero-order valence-corrected chi connectivity index (χ0v) is 58.5. The molecule has 9 aromatic rings. The van der Waals surface area contributed by atoms with E-state index in [1.54, 1.807) is 56.0 Å². The highest BCUT2D eigenvalue weighted by Crippen LogP contribution is 2.37. The summed E-state index contributed by atoms with van der Waals surface area (Å²) < 4.78 is 107. The number of hydroxylamine groups is 2. The molecule has 0 saturated carbocycles. The van der Waals surface area contributed by atoms with E-state index in [4.69, 9.17) is 65.1 Å². The number of aliphatic hydroxyl groups is 2. The van der Waals surface area contributed by atoms with Gasteiger partial charge in [-0.1, -0.05) is 63.5 Å². The third-order valence-corrected chi connectivity index (χ3v) is 18.7. The van der Waals surface area contributed by atoms with E-state index in [0.717, 1.165) is 32.5 Å². The Hall–Kier alpha value is -8.14. The van der Waals surface area contributed by atoms with Crippen LogP contribution in [0.4, 0.5) is 8.78 Å². The van der Waals surface area contributed by atoms with Crippen LogP contribution in [-0.2, 0) is 65.9 Å². The second-order valence-electron chi connectivity index (χ2n) is 24.7.